The molecule has 0 bridgehead atoms. The Kier molecular flexibility index (Phi) is 6.45. The van der Waals surface area contributed by atoms with Gasteiger partial charge in [-0.1, -0.05) is 30.3 Å². The highest BCUT2D eigenvalue weighted by molar-refractivity contribution is 5.36. The first-order chi connectivity index (χ1) is 14.3. The number of alkyl halides is 6. The van der Waals surface area contributed by atoms with E-state index < -0.39 is 29.1 Å². The van der Waals surface area contributed by atoms with Crippen molar-refractivity contribution in [3.63, 3.8) is 0 Å². The number of rotatable bonds is 5. The van der Waals surface area contributed by atoms with Gasteiger partial charge < -0.3 is 10.4 Å². The lowest BCUT2D eigenvalue weighted by Gasteiger charge is -2.40. The first kappa shape index (κ1) is 23.6. The third-order valence-corrected chi connectivity index (χ3v) is 6.25. The lowest BCUT2D eigenvalue weighted by Crippen LogP contribution is -2.41. The Balaban J connectivity index is 1.94. The SMILES string of the molecule is CC(O)(CCC1(c2ccccc2)CCNCC1)c1cc(C(F)(F)F)cc(C(F)(F)F)c1. The zero-order chi connectivity index (χ0) is 22.9. The second-order valence-electron chi connectivity index (χ2n) is 8.46. The smallest absolute Gasteiger partial charge is 0.385 e. The number of piperidine rings is 1. The summed E-state index contributed by atoms with van der Waals surface area (Å²) in [7, 11) is 0. The quantitative estimate of drug-likeness (QED) is 0.551. The van der Waals surface area contributed by atoms with E-state index in [1.165, 1.54) is 6.92 Å². The summed E-state index contributed by atoms with van der Waals surface area (Å²) in [6.45, 7) is 2.78. The minimum Gasteiger partial charge on any atom is -0.385 e. The molecule has 0 spiro atoms. The average Bonchev–Trinajstić information content (AvgIpc) is 2.72. The van der Waals surface area contributed by atoms with Crippen molar-refractivity contribution >= 4 is 0 Å². The molecule has 2 nitrogen and oxygen atoms in total. The van der Waals surface area contributed by atoms with Crippen LogP contribution in [0.15, 0.2) is 48.5 Å². The van der Waals surface area contributed by atoms with Gasteiger partial charge in [-0.2, -0.15) is 26.3 Å². The molecule has 1 atom stereocenters. The molecule has 170 valence electrons. The van der Waals surface area contributed by atoms with E-state index in [0.29, 0.717) is 18.6 Å². The summed E-state index contributed by atoms with van der Waals surface area (Å²) < 4.78 is 79.4. The van der Waals surface area contributed by atoms with Crippen molar-refractivity contribution in [3.05, 3.63) is 70.8 Å². The van der Waals surface area contributed by atoms with E-state index in [1.54, 1.807) is 0 Å². The van der Waals surface area contributed by atoms with Gasteiger partial charge in [0, 0.05) is 0 Å². The third-order valence-electron chi connectivity index (χ3n) is 6.25. The van der Waals surface area contributed by atoms with Crippen LogP contribution in [0.5, 0.6) is 0 Å². The molecule has 0 radical (unpaired) electrons. The fourth-order valence-corrected chi connectivity index (χ4v) is 4.27. The number of hydrogen-bond donors (Lipinski definition) is 2. The highest BCUT2D eigenvalue weighted by atomic mass is 19.4. The van der Waals surface area contributed by atoms with Gasteiger partial charge in [0.1, 0.15) is 0 Å². The van der Waals surface area contributed by atoms with Crippen LogP contribution in [0.25, 0.3) is 0 Å². The Hall–Kier alpha value is -2.06. The van der Waals surface area contributed by atoms with Crippen LogP contribution in [0.1, 0.15) is 54.9 Å². The van der Waals surface area contributed by atoms with Gasteiger partial charge in [0.25, 0.3) is 0 Å². The van der Waals surface area contributed by atoms with E-state index in [-0.39, 0.29) is 23.5 Å². The predicted octanol–water partition coefficient (Wildman–Crippen LogP) is 6.03. The van der Waals surface area contributed by atoms with Crippen LogP contribution in [0.4, 0.5) is 26.3 Å². The predicted molar refractivity (Wildman–Crippen MR) is 105 cm³/mol. The summed E-state index contributed by atoms with van der Waals surface area (Å²) in [5, 5.41) is 14.3. The molecule has 0 saturated carbocycles. The monoisotopic (exact) mass is 445 g/mol. The molecule has 1 fully saturated rings. The van der Waals surface area contributed by atoms with E-state index in [2.05, 4.69) is 5.32 Å². The molecule has 2 aromatic rings. The van der Waals surface area contributed by atoms with Crippen LogP contribution in [0.2, 0.25) is 0 Å². The molecule has 8 heteroatoms. The van der Waals surface area contributed by atoms with Crippen LogP contribution < -0.4 is 5.32 Å². The van der Waals surface area contributed by atoms with Gasteiger partial charge in [-0.25, -0.2) is 0 Å². The molecule has 1 unspecified atom stereocenters. The van der Waals surface area contributed by atoms with Gasteiger partial charge in [-0.3, -0.25) is 0 Å². The third kappa shape index (κ3) is 5.41. The molecule has 1 heterocycles. The Labute approximate surface area is 177 Å². The van der Waals surface area contributed by atoms with Gasteiger partial charge in [-0.05, 0) is 80.4 Å². The number of hydrogen-bond acceptors (Lipinski definition) is 2. The maximum atomic E-state index is 13.2. The van der Waals surface area contributed by atoms with Crippen molar-refractivity contribution < 1.29 is 31.4 Å². The lowest BCUT2D eigenvalue weighted by atomic mass is 9.68. The molecule has 1 saturated heterocycles. The minimum absolute atomic E-state index is 0.0283. The minimum atomic E-state index is -4.95. The number of benzene rings is 2. The van der Waals surface area contributed by atoms with Gasteiger partial charge in [0.15, 0.2) is 0 Å². The number of nitrogens with one attached hydrogen (secondary N) is 1. The summed E-state index contributed by atoms with van der Waals surface area (Å²) in [5.74, 6) is 0. The fourth-order valence-electron chi connectivity index (χ4n) is 4.27. The summed E-state index contributed by atoms with van der Waals surface area (Å²) in [4.78, 5) is 0. The molecule has 0 aromatic heterocycles. The van der Waals surface area contributed by atoms with E-state index in [4.69, 9.17) is 0 Å². The van der Waals surface area contributed by atoms with Crippen LogP contribution in [-0.4, -0.2) is 18.2 Å². The highest BCUT2D eigenvalue weighted by Gasteiger charge is 2.40. The van der Waals surface area contributed by atoms with Crippen molar-refractivity contribution in [3.8, 4) is 0 Å². The Morgan fingerprint density at radius 1 is 0.839 bits per heavy atom. The van der Waals surface area contributed by atoms with Crippen molar-refractivity contribution in [1.82, 2.24) is 5.32 Å². The Morgan fingerprint density at radius 2 is 1.32 bits per heavy atom. The average molecular weight is 445 g/mol. The fraction of sp³-hybridized carbons (Fsp3) is 0.478. The molecule has 3 rings (SSSR count). The summed E-state index contributed by atoms with van der Waals surface area (Å²) in [5.41, 5.74) is -4.31. The molecule has 1 aliphatic heterocycles. The zero-order valence-corrected chi connectivity index (χ0v) is 17.1. The number of aliphatic hydroxyl groups is 1. The van der Waals surface area contributed by atoms with Crippen molar-refractivity contribution in [1.29, 1.82) is 0 Å². The second kappa shape index (κ2) is 8.47. The van der Waals surface area contributed by atoms with Gasteiger partial charge in [0.05, 0.1) is 16.7 Å². The number of halogens is 6. The highest BCUT2D eigenvalue weighted by Crippen LogP contribution is 2.43. The van der Waals surface area contributed by atoms with Crippen LogP contribution in [0.3, 0.4) is 0 Å². The summed E-state index contributed by atoms with van der Waals surface area (Å²) >= 11 is 0. The Bertz CT molecular complexity index is 851. The molecular weight excluding hydrogens is 420 g/mol. The van der Waals surface area contributed by atoms with Crippen molar-refractivity contribution in [2.45, 2.75) is 56.0 Å². The molecule has 2 aromatic carbocycles. The second-order valence-corrected chi connectivity index (χ2v) is 8.46. The standard InChI is InChI=1S/C23H25F6NO/c1-20(31,17-13-18(22(24,25)26)15-19(14-17)23(27,28)29)7-8-21(9-11-30-12-10-21)16-5-3-2-4-6-16/h2-6,13-15,30-31H,7-12H2,1H3. The van der Waals surface area contributed by atoms with E-state index >= 15 is 0 Å². The molecular formula is C23H25F6NO. The maximum Gasteiger partial charge on any atom is 0.416 e. The first-order valence-corrected chi connectivity index (χ1v) is 10.1. The lowest BCUT2D eigenvalue weighted by molar-refractivity contribution is -0.143. The van der Waals surface area contributed by atoms with Crippen LogP contribution in [-0.2, 0) is 23.4 Å². The maximum absolute atomic E-state index is 13.2. The zero-order valence-electron chi connectivity index (χ0n) is 17.1. The summed E-state index contributed by atoms with van der Waals surface area (Å²) in [6.07, 6.45) is -7.91. The molecule has 1 aliphatic rings. The van der Waals surface area contributed by atoms with Crippen LogP contribution in [0, 0.1) is 0 Å². The topological polar surface area (TPSA) is 32.3 Å². The summed E-state index contributed by atoms with van der Waals surface area (Å²) in [6, 6.07) is 11.0. The first-order valence-electron chi connectivity index (χ1n) is 10.1. The van der Waals surface area contributed by atoms with E-state index in [9.17, 15) is 31.4 Å². The molecule has 2 N–H and O–H groups in total. The Morgan fingerprint density at radius 3 is 1.81 bits per heavy atom. The molecule has 0 aliphatic carbocycles. The molecule has 31 heavy (non-hydrogen) atoms. The van der Waals surface area contributed by atoms with Crippen LogP contribution >= 0.6 is 0 Å². The van der Waals surface area contributed by atoms with E-state index in [1.807, 2.05) is 30.3 Å². The largest absolute Gasteiger partial charge is 0.416 e. The molecule has 0 amide bonds. The van der Waals surface area contributed by atoms with Gasteiger partial charge in [-0.15, -0.1) is 0 Å². The van der Waals surface area contributed by atoms with E-state index in [0.717, 1.165) is 31.5 Å². The normalized spacial score (nSPS) is 19.1. The van der Waals surface area contributed by atoms with Crippen molar-refractivity contribution in [2.75, 3.05) is 13.1 Å². The van der Waals surface area contributed by atoms with Gasteiger partial charge >= 0.3 is 12.4 Å². The van der Waals surface area contributed by atoms with Crippen molar-refractivity contribution in [2.24, 2.45) is 0 Å². The van der Waals surface area contributed by atoms with Gasteiger partial charge in [0.2, 0.25) is 0 Å².